The fourth-order valence-electron chi connectivity index (χ4n) is 2.40. The number of nitriles is 1. The zero-order valence-corrected chi connectivity index (χ0v) is 15.0. The van der Waals surface area contributed by atoms with Crippen LogP contribution in [-0.4, -0.2) is 27.4 Å². The van der Waals surface area contributed by atoms with Gasteiger partial charge >= 0.3 is 0 Å². The molecule has 0 saturated carbocycles. The number of nitrogens with zero attached hydrogens (tertiary/aromatic N) is 4. The Labute approximate surface area is 154 Å². The molecule has 0 aromatic carbocycles. The molecule has 3 rings (SSSR count). The molecule has 3 heterocycles. The van der Waals surface area contributed by atoms with E-state index in [0.29, 0.717) is 40.6 Å². The SMILES string of the molecule is COc1ccc(NC(=O)c2c(C)nsc2Cc2cccc(C#N)n2)cn1. The summed E-state index contributed by atoms with van der Waals surface area (Å²) in [5.74, 6) is 0.218. The molecule has 0 spiro atoms. The molecule has 0 aliphatic rings. The first-order valence-electron chi connectivity index (χ1n) is 7.73. The van der Waals surface area contributed by atoms with Crippen molar-refractivity contribution in [3.63, 3.8) is 0 Å². The van der Waals surface area contributed by atoms with Crippen LogP contribution >= 0.6 is 11.5 Å². The van der Waals surface area contributed by atoms with Crippen LogP contribution in [0.1, 0.15) is 32.3 Å². The van der Waals surface area contributed by atoms with Crippen LogP contribution in [0.5, 0.6) is 5.88 Å². The number of hydrogen-bond acceptors (Lipinski definition) is 7. The number of methoxy groups -OCH3 is 1. The van der Waals surface area contributed by atoms with Crippen molar-refractivity contribution in [1.29, 1.82) is 5.26 Å². The molecule has 26 heavy (non-hydrogen) atoms. The summed E-state index contributed by atoms with van der Waals surface area (Å²) in [5.41, 5.74) is 2.80. The Morgan fingerprint density at radius 1 is 1.35 bits per heavy atom. The maximum absolute atomic E-state index is 12.7. The molecule has 3 aromatic rings. The van der Waals surface area contributed by atoms with Gasteiger partial charge in [0.1, 0.15) is 11.8 Å². The van der Waals surface area contributed by atoms with Gasteiger partial charge in [-0.3, -0.25) is 4.79 Å². The van der Waals surface area contributed by atoms with Crippen LogP contribution in [0.4, 0.5) is 5.69 Å². The number of anilines is 1. The highest BCUT2D eigenvalue weighted by atomic mass is 32.1. The molecule has 3 aromatic heterocycles. The van der Waals surface area contributed by atoms with Crippen molar-refractivity contribution in [3.8, 4) is 11.9 Å². The smallest absolute Gasteiger partial charge is 0.258 e. The van der Waals surface area contributed by atoms with Gasteiger partial charge in [0.25, 0.3) is 5.91 Å². The van der Waals surface area contributed by atoms with Crippen LogP contribution in [0.25, 0.3) is 0 Å². The molecule has 0 aliphatic carbocycles. The summed E-state index contributed by atoms with van der Waals surface area (Å²) in [7, 11) is 1.53. The first kappa shape index (κ1) is 17.5. The molecule has 0 bridgehead atoms. The van der Waals surface area contributed by atoms with E-state index in [1.54, 1.807) is 31.2 Å². The maximum atomic E-state index is 12.7. The highest BCUT2D eigenvalue weighted by molar-refractivity contribution is 7.06. The fourth-order valence-corrected chi connectivity index (χ4v) is 3.28. The molecular formula is C18H15N5O2S. The summed E-state index contributed by atoms with van der Waals surface area (Å²) in [5, 5.41) is 11.8. The number of ether oxygens (including phenoxy) is 1. The standard InChI is InChI=1S/C18H15N5O2S/c1-11-17(18(24)22-14-6-7-16(25-2)20-10-14)15(26-23-11)8-12-4-3-5-13(9-19)21-12/h3-7,10H,8H2,1-2H3,(H,22,24). The Balaban J connectivity index is 1.82. The van der Waals surface area contributed by atoms with E-state index in [4.69, 9.17) is 10.00 Å². The number of carbonyl (C=O) groups is 1. The van der Waals surface area contributed by atoms with Gasteiger partial charge in [-0.05, 0) is 36.7 Å². The van der Waals surface area contributed by atoms with Crippen LogP contribution in [-0.2, 0) is 6.42 Å². The number of aromatic nitrogens is 3. The van der Waals surface area contributed by atoms with Gasteiger partial charge < -0.3 is 10.1 Å². The van der Waals surface area contributed by atoms with Crippen molar-refractivity contribution in [2.75, 3.05) is 12.4 Å². The summed E-state index contributed by atoms with van der Waals surface area (Å²) < 4.78 is 9.31. The monoisotopic (exact) mass is 365 g/mol. The average Bonchev–Trinajstić information content (AvgIpc) is 3.02. The summed E-state index contributed by atoms with van der Waals surface area (Å²) >= 11 is 1.26. The first-order chi connectivity index (χ1) is 12.6. The summed E-state index contributed by atoms with van der Waals surface area (Å²) in [6.07, 6.45) is 1.97. The summed E-state index contributed by atoms with van der Waals surface area (Å²) in [4.78, 5) is 21.8. The molecule has 130 valence electrons. The molecule has 0 aliphatic heterocycles. The minimum absolute atomic E-state index is 0.255. The number of hydrogen-bond donors (Lipinski definition) is 1. The van der Waals surface area contributed by atoms with E-state index in [1.807, 2.05) is 12.1 Å². The lowest BCUT2D eigenvalue weighted by molar-refractivity contribution is 0.102. The van der Waals surface area contributed by atoms with Gasteiger partial charge in [-0.25, -0.2) is 9.97 Å². The van der Waals surface area contributed by atoms with Crippen molar-refractivity contribution in [3.05, 3.63) is 64.1 Å². The predicted octanol–water partition coefficient (Wildman–Crippen LogP) is 2.96. The third-order valence-corrected chi connectivity index (χ3v) is 4.56. The molecule has 0 saturated heterocycles. The molecule has 0 radical (unpaired) electrons. The zero-order chi connectivity index (χ0) is 18.5. The van der Waals surface area contributed by atoms with Crippen molar-refractivity contribution < 1.29 is 9.53 Å². The molecule has 7 nitrogen and oxygen atoms in total. The predicted molar refractivity (Wildman–Crippen MR) is 97.4 cm³/mol. The highest BCUT2D eigenvalue weighted by Gasteiger charge is 2.19. The molecule has 0 fully saturated rings. The average molecular weight is 365 g/mol. The van der Waals surface area contributed by atoms with Crippen molar-refractivity contribution >= 4 is 23.1 Å². The van der Waals surface area contributed by atoms with Crippen molar-refractivity contribution in [2.45, 2.75) is 13.3 Å². The third-order valence-electron chi connectivity index (χ3n) is 3.63. The number of nitrogens with one attached hydrogen (secondary N) is 1. The van der Waals surface area contributed by atoms with Gasteiger partial charge in [-0.1, -0.05) is 6.07 Å². The largest absolute Gasteiger partial charge is 0.481 e. The third kappa shape index (κ3) is 3.84. The van der Waals surface area contributed by atoms with Crippen LogP contribution in [0.3, 0.4) is 0 Å². The second-order valence-electron chi connectivity index (χ2n) is 5.41. The van der Waals surface area contributed by atoms with Crippen LogP contribution < -0.4 is 10.1 Å². The second kappa shape index (κ2) is 7.72. The highest BCUT2D eigenvalue weighted by Crippen LogP contribution is 2.23. The van der Waals surface area contributed by atoms with E-state index in [-0.39, 0.29) is 5.91 Å². The van der Waals surface area contributed by atoms with Crippen LogP contribution in [0, 0.1) is 18.3 Å². The Hall–Kier alpha value is -3.31. The molecule has 1 N–H and O–H groups in total. The first-order valence-corrected chi connectivity index (χ1v) is 8.50. The number of rotatable bonds is 5. The topological polar surface area (TPSA) is 101 Å². The number of aryl methyl sites for hydroxylation is 1. The van der Waals surface area contributed by atoms with E-state index < -0.39 is 0 Å². The van der Waals surface area contributed by atoms with E-state index >= 15 is 0 Å². The lowest BCUT2D eigenvalue weighted by Crippen LogP contribution is -2.14. The van der Waals surface area contributed by atoms with E-state index in [1.165, 1.54) is 24.8 Å². The van der Waals surface area contributed by atoms with E-state index in [2.05, 4.69) is 19.7 Å². The van der Waals surface area contributed by atoms with Crippen molar-refractivity contribution in [1.82, 2.24) is 14.3 Å². The maximum Gasteiger partial charge on any atom is 0.258 e. The van der Waals surface area contributed by atoms with Gasteiger partial charge in [0, 0.05) is 23.1 Å². The van der Waals surface area contributed by atoms with Gasteiger partial charge in [0.05, 0.1) is 30.3 Å². The van der Waals surface area contributed by atoms with E-state index in [0.717, 1.165) is 4.88 Å². The fraction of sp³-hybridized carbons (Fsp3) is 0.167. The Kier molecular flexibility index (Phi) is 5.20. The van der Waals surface area contributed by atoms with Gasteiger partial charge in [0.2, 0.25) is 5.88 Å². The molecule has 0 unspecified atom stereocenters. The number of amides is 1. The Morgan fingerprint density at radius 3 is 2.88 bits per heavy atom. The molecule has 0 atom stereocenters. The normalized spacial score (nSPS) is 10.2. The van der Waals surface area contributed by atoms with Gasteiger partial charge in [-0.15, -0.1) is 0 Å². The van der Waals surface area contributed by atoms with Gasteiger partial charge in [-0.2, -0.15) is 9.64 Å². The van der Waals surface area contributed by atoms with Gasteiger partial charge in [0.15, 0.2) is 0 Å². The number of pyridine rings is 2. The van der Waals surface area contributed by atoms with Crippen LogP contribution in [0.2, 0.25) is 0 Å². The minimum Gasteiger partial charge on any atom is -0.481 e. The van der Waals surface area contributed by atoms with Crippen LogP contribution in [0.15, 0.2) is 36.5 Å². The van der Waals surface area contributed by atoms with E-state index in [9.17, 15) is 4.79 Å². The number of carbonyl (C=O) groups excluding carboxylic acids is 1. The molecular weight excluding hydrogens is 350 g/mol. The lowest BCUT2D eigenvalue weighted by Gasteiger charge is -2.07. The minimum atomic E-state index is -0.255. The molecule has 1 amide bonds. The lowest BCUT2D eigenvalue weighted by atomic mass is 10.1. The van der Waals surface area contributed by atoms with Crippen molar-refractivity contribution in [2.24, 2.45) is 0 Å². The summed E-state index contributed by atoms with van der Waals surface area (Å²) in [6.45, 7) is 1.79. The summed E-state index contributed by atoms with van der Waals surface area (Å²) in [6, 6.07) is 10.7. The zero-order valence-electron chi connectivity index (χ0n) is 14.2. The Morgan fingerprint density at radius 2 is 2.19 bits per heavy atom. The second-order valence-corrected chi connectivity index (χ2v) is 6.27. The molecule has 8 heteroatoms. The quantitative estimate of drug-likeness (QED) is 0.746. The Bertz CT molecular complexity index is 976.